The van der Waals surface area contributed by atoms with E-state index in [1.54, 1.807) is 0 Å². The molecule has 0 aromatic carbocycles. The number of H-pyrrole nitrogens is 1. The second-order valence-corrected chi connectivity index (χ2v) is 7.34. The van der Waals surface area contributed by atoms with Gasteiger partial charge in [-0.1, -0.05) is 0 Å². The second kappa shape index (κ2) is 6.35. The SMILES string of the molecule is O=C1NCCC1Cc1ccc2[nH]c(CC3CCC(F)(F)CC3)nc2n1. The van der Waals surface area contributed by atoms with Gasteiger partial charge in [0.25, 0.3) is 0 Å². The lowest BCUT2D eigenvalue weighted by atomic mass is 9.85. The van der Waals surface area contributed by atoms with E-state index >= 15 is 0 Å². The van der Waals surface area contributed by atoms with Crippen molar-refractivity contribution in [1.29, 1.82) is 0 Å². The molecule has 1 amide bonds. The minimum Gasteiger partial charge on any atom is -0.356 e. The van der Waals surface area contributed by atoms with Crippen LogP contribution in [0.3, 0.4) is 0 Å². The summed E-state index contributed by atoms with van der Waals surface area (Å²) in [6.45, 7) is 0.735. The average molecular weight is 348 g/mol. The molecule has 1 atom stereocenters. The van der Waals surface area contributed by atoms with Crippen molar-refractivity contribution in [3.63, 3.8) is 0 Å². The molecule has 2 aromatic rings. The van der Waals surface area contributed by atoms with Crippen molar-refractivity contribution in [3.8, 4) is 0 Å². The molecule has 3 heterocycles. The Bertz CT molecular complexity index is 778. The molecule has 1 saturated carbocycles. The molecule has 0 bridgehead atoms. The molecule has 2 N–H and O–H groups in total. The number of aromatic amines is 1. The molecule has 1 aliphatic heterocycles. The lowest BCUT2D eigenvalue weighted by Crippen LogP contribution is -2.25. The quantitative estimate of drug-likeness (QED) is 0.892. The number of imidazole rings is 1. The van der Waals surface area contributed by atoms with E-state index in [4.69, 9.17) is 0 Å². The number of pyridine rings is 1. The molecule has 2 aromatic heterocycles. The highest BCUT2D eigenvalue weighted by Crippen LogP contribution is 2.37. The summed E-state index contributed by atoms with van der Waals surface area (Å²) in [6.07, 6.45) is 3.19. The first-order valence-corrected chi connectivity index (χ1v) is 8.98. The van der Waals surface area contributed by atoms with Crippen molar-refractivity contribution in [2.24, 2.45) is 11.8 Å². The number of nitrogens with zero attached hydrogens (tertiary/aromatic N) is 2. The van der Waals surface area contributed by atoms with Crippen LogP contribution >= 0.6 is 0 Å². The summed E-state index contributed by atoms with van der Waals surface area (Å²) in [5.41, 5.74) is 2.37. The number of hydrogen-bond donors (Lipinski definition) is 2. The van der Waals surface area contributed by atoms with Crippen molar-refractivity contribution in [1.82, 2.24) is 20.3 Å². The van der Waals surface area contributed by atoms with Gasteiger partial charge in [0.1, 0.15) is 5.82 Å². The van der Waals surface area contributed by atoms with Crippen LogP contribution in [0.15, 0.2) is 12.1 Å². The van der Waals surface area contributed by atoms with Crippen LogP contribution in [0, 0.1) is 11.8 Å². The summed E-state index contributed by atoms with van der Waals surface area (Å²) in [5.74, 6) is -1.34. The van der Waals surface area contributed by atoms with Crippen molar-refractivity contribution in [2.75, 3.05) is 6.54 Å². The number of nitrogens with one attached hydrogen (secondary N) is 2. The first-order valence-electron chi connectivity index (χ1n) is 8.98. The molecule has 2 fully saturated rings. The molecule has 25 heavy (non-hydrogen) atoms. The molecular weight excluding hydrogens is 326 g/mol. The summed E-state index contributed by atoms with van der Waals surface area (Å²) < 4.78 is 26.5. The van der Waals surface area contributed by atoms with Crippen LogP contribution in [-0.4, -0.2) is 33.3 Å². The van der Waals surface area contributed by atoms with E-state index in [-0.39, 0.29) is 30.6 Å². The predicted molar refractivity (Wildman–Crippen MR) is 89.3 cm³/mol. The van der Waals surface area contributed by atoms with E-state index in [0.29, 0.717) is 31.3 Å². The van der Waals surface area contributed by atoms with Crippen LogP contribution in [0.25, 0.3) is 11.2 Å². The Hall–Kier alpha value is -2.05. The topological polar surface area (TPSA) is 70.7 Å². The monoisotopic (exact) mass is 348 g/mol. The smallest absolute Gasteiger partial charge is 0.248 e. The third kappa shape index (κ3) is 3.65. The number of amides is 1. The predicted octanol–water partition coefficient (Wildman–Crippen LogP) is 3.00. The Labute approximate surface area is 144 Å². The number of rotatable bonds is 4. The number of aromatic nitrogens is 3. The summed E-state index contributed by atoms with van der Waals surface area (Å²) in [6, 6.07) is 3.87. The number of fused-ring (bicyclic) bond motifs is 1. The Kier molecular flexibility index (Phi) is 4.17. The highest BCUT2D eigenvalue weighted by atomic mass is 19.3. The minimum atomic E-state index is -2.49. The van der Waals surface area contributed by atoms with Crippen molar-refractivity contribution >= 4 is 17.1 Å². The summed E-state index contributed by atoms with van der Waals surface area (Å²) in [7, 11) is 0. The number of hydrogen-bond acceptors (Lipinski definition) is 3. The third-order valence-corrected chi connectivity index (χ3v) is 5.39. The van der Waals surface area contributed by atoms with Gasteiger partial charge in [-0.2, -0.15) is 0 Å². The molecular formula is C18H22F2N4O. The zero-order valence-corrected chi connectivity index (χ0v) is 14.0. The molecule has 0 spiro atoms. The van der Waals surface area contributed by atoms with Crippen LogP contribution in [0.1, 0.15) is 43.6 Å². The minimum absolute atomic E-state index is 0.00716. The summed E-state index contributed by atoms with van der Waals surface area (Å²) in [4.78, 5) is 24.1. The van der Waals surface area contributed by atoms with Gasteiger partial charge in [0.15, 0.2) is 5.65 Å². The lowest BCUT2D eigenvalue weighted by Gasteiger charge is -2.27. The van der Waals surface area contributed by atoms with E-state index in [0.717, 1.165) is 30.0 Å². The molecule has 5 nitrogen and oxygen atoms in total. The highest BCUT2D eigenvalue weighted by molar-refractivity contribution is 5.81. The summed E-state index contributed by atoms with van der Waals surface area (Å²) in [5, 5.41) is 2.84. The maximum atomic E-state index is 13.3. The first-order chi connectivity index (χ1) is 12.0. The van der Waals surface area contributed by atoms with E-state index in [1.807, 2.05) is 12.1 Å². The van der Waals surface area contributed by atoms with E-state index in [1.165, 1.54) is 0 Å². The van der Waals surface area contributed by atoms with Gasteiger partial charge in [-0.25, -0.2) is 18.7 Å². The van der Waals surface area contributed by atoms with Gasteiger partial charge in [-0.3, -0.25) is 4.79 Å². The van der Waals surface area contributed by atoms with Crippen LogP contribution in [0.5, 0.6) is 0 Å². The standard InChI is InChI=1S/C18H22F2N4O/c19-18(20)6-3-11(4-7-18)9-15-23-14-2-1-13(22-16(14)24-15)10-12-5-8-21-17(12)25/h1-2,11-12H,3-10H2,(H,21,25)(H,22,23,24). The Morgan fingerprint density at radius 2 is 1.92 bits per heavy atom. The second-order valence-electron chi connectivity index (χ2n) is 7.34. The van der Waals surface area contributed by atoms with Gasteiger partial charge in [0, 0.05) is 43.8 Å². The fourth-order valence-corrected chi connectivity index (χ4v) is 3.86. The average Bonchev–Trinajstić information content (AvgIpc) is 3.15. The molecule has 134 valence electrons. The molecule has 1 saturated heterocycles. The van der Waals surface area contributed by atoms with Crippen LogP contribution in [0.4, 0.5) is 8.78 Å². The van der Waals surface area contributed by atoms with E-state index < -0.39 is 5.92 Å². The molecule has 4 rings (SSSR count). The van der Waals surface area contributed by atoms with E-state index in [9.17, 15) is 13.6 Å². The zero-order chi connectivity index (χ0) is 17.4. The fourth-order valence-electron chi connectivity index (χ4n) is 3.86. The highest BCUT2D eigenvalue weighted by Gasteiger charge is 2.35. The Morgan fingerprint density at radius 3 is 2.64 bits per heavy atom. The normalized spacial score (nSPS) is 23.9. The van der Waals surface area contributed by atoms with Crippen LogP contribution < -0.4 is 5.32 Å². The van der Waals surface area contributed by atoms with Gasteiger partial charge in [-0.05, 0) is 37.3 Å². The van der Waals surface area contributed by atoms with Gasteiger partial charge < -0.3 is 10.3 Å². The van der Waals surface area contributed by atoms with Gasteiger partial charge in [-0.15, -0.1) is 0 Å². The maximum Gasteiger partial charge on any atom is 0.248 e. The van der Waals surface area contributed by atoms with Crippen molar-refractivity contribution < 1.29 is 13.6 Å². The molecule has 1 unspecified atom stereocenters. The number of halogens is 2. The van der Waals surface area contributed by atoms with Gasteiger partial charge in [0.2, 0.25) is 11.8 Å². The maximum absolute atomic E-state index is 13.3. The lowest BCUT2D eigenvalue weighted by molar-refractivity contribution is -0.122. The number of carbonyl (C=O) groups excluding carboxylic acids is 1. The molecule has 7 heteroatoms. The molecule has 2 aliphatic rings. The third-order valence-electron chi connectivity index (χ3n) is 5.39. The summed E-state index contributed by atoms with van der Waals surface area (Å²) >= 11 is 0. The van der Waals surface area contributed by atoms with Crippen LogP contribution in [0.2, 0.25) is 0 Å². The van der Waals surface area contributed by atoms with Gasteiger partial charge in [0.05, 0.1) is 5.52 Å². The molecule has 1 aliphatic carbocycles. The zero-order valence-electron chi connectivity index (χ0n) is 14.0. The first kappa shape index (κ1) is 16.4. The number of carbonyl (C=O) groups is 1. The number of alkyl halides is 2. The van der Waals surface area contributed by atoms with E-state index in [2.05, 4.69) is 20.3 Å². The largest absolute Gasteiger partial charge is 0.356 e. The Morgan fingerprint density at radius 1 is 1.12 bits per heavy atom. The van der Waals surface area contributed by atoms with Crippen LogP contribution in [-0.2, 0) is 17.6 Å². The van der Waals surface area contributed by atoms with Crippen molar-refractivity contribution in [2.45, 2.75) is 50.9 Å². The van der Waals surface area contributed by atoms with Crippen molar-refractivity contribution in [3.05, 3.63) is 23.7 Å². The Balaban J connectivity index is 1.44. The fraction of sp³-hybridized carbons (Fsp3) is 0.611. The molecule has 0 radical (unpaired) electrons. The van der Waals surface area contributed by atoms with Gasteiger partial charge >= 0.3 is 0 Å².